The third-order valence-electron chi connectivity index (χ3n) is 9.00. The number of alkyl halides is 2. The number of halogens is 4. The highest BCUT2D eigenvalue weighted by Crippen LogP contribution is 2.39. The van der Waals surface area contributed by atoms with Gasteiger partial charge in [0.1, 0.15) is 12.6 Å². The number of carbonyl (C=O) groups excluding carboxylic acids is 3. The Balaban J connectivity index is 1.24. The number of pyridine rings is 1. The number of esters is 1. The Hall–Kier alpha value is -4.09. The topological polar surface area (TPSA) is 145 Å². The molecule has 6 rings (SSSR count). The van der Waals surface area contributed by atoms with Crippen LogP contribution in [0.4, 0.5) is 20.2 Å². The van der Waals surface area contributed by atoms with Gasteiger partial charge in [-0.05, 0) is 60.2 Å². The maximum Gasteiger partial charge on any atom is 0.387 e. The largest absolute Gasteiger partial charge is 0.489 e. The van der Waals surface area contributed by atoms with Crippen LogP contribution in [0.2, 0.25) is 10.0 Å². The summed E-state index contributed by atoms with van der Waals surface area (Å²) < 4.78 is 74.9. The number of nitrogens with zero attached hydrogens (tertiary/aromatic N) is 4. The molecule has 0 spiro atoms. The summed E-state index contributed by atoms with van der Waals surface area (Å²) in [6.07, 6.45) is 4.44. The number of hydrogen-bond acceptors (Lipinski definition) is 11. The maximum absolute atomic E-state index is 13.6. The van der Waals surface area contributed by atoms with E-state index >= 15 is 0 Å². The first-order valence-electron chi connectivity index (χ1n) is 16.8. The monoisotopic (exact) mass is 796 g/mol. The standard InChI is InChI=1S/C35H36Cl2F2N4O9S/c1-53(47,48)43(9-8-41-10-12-49-13-11-41)23-5-6-28-25(15-23)33(45)34(46)42(28)19-32(44)51-30(16-24-26(36)17-40-18-27(24)37)22-4-7-29(52-35(38)39)31(14-22)50-20-21-2-3-21/h4-7,14-15,17-18,21,30,35H,2-3,8-13,16,19-20H2,1H3/t30-/m0/s1. The van der Waals surface area contributed by atoms with E-state index in [0.717, 1.165) is 28.3 Å². The van der Waals surface area contributed by atoms with Crippen LogP contribution in [-0.4, -0.2) is 101 Å². The zero-order valence-electron chi connectivity index (χ0n) is 28.5. The Morgan fingerprint density at radius 2 is 1.77 bits per heavy atom. The maximum atomic E-state index is 13.6. The summed E-state index contributed by atoms with van der Waals surface area (Å²) in [4.78, 5) is 47.0. The number of benzene rings is 2. The smallest absolute Gasteiger partial charge is 0.387 e. The van der Waals surface area contributed by atoms with Gasteiger partial charge in [0, 0.05) is 45.0 Å². The van der Waals surface area contributed by atoms with Crippen molar-refractivity contribution in [2.24, 2.45) is 5.92 Å². The van der Waals surface area contributed by atoms with Crippen LogP contribution in [0, 0.1) is 5.92 Å². The zero-order valence-corrected chi connectivity index (χ0v) is 30.8. The van der Waals surface area contributed by atoms with E-state index in [2.05, 4.69) is 14.6 Å². The highest BCUT2D eigenvalue weighted by atomic mass is 35.5. The number of anilines is 2. The Labute approximate surface area is 314 Å². The van der Waals surface area contributed by atoms with Crippen LogP contribution in [0.5, 0.6) is 11.5 Å². The molecule has 2 fully saturated rings. The Kier molecular flexibility index (Phi) is 12.0. The molecule has 1 atom stereocenters. The molecule has 2 aromatic carbocycles. The minimum Gasteiger partial charge on any atom is -0.489 e. The van der Waals surface area contributed by atoms with E-state index in [9.17, 15) is 31.6 Å². The summed E-state index contributed by atoms with van der Waals surface area (Å²) in [5, 5.41) is 0.360. The number of hydrogen-bond donors (Lipinski definition) is 0. The molecule has 0 unspecified atom stereocenters. The summed E-state index contributed by atoms with van der Waals surface area (Å²) in [7, 11) is -3.77. The van der Waals surface area contributed by atoms with E-state index in [1.807, 2.05) is 0 Å². The van der Waals surface area contributed by atoms with Crippen molar-refractivity contribution >= 4 is 62.3 Å². The molecule has 13 nitrogen and oxygen atoms in total. The van der Waals surface area contributed by atoms with Gasteiger partial charge in [0.25, 0.3) is 11.7 Å². The second-order valence-corrected chi connectivity index (χ2v) is 15.5. The summed E-state index contributed by atoms with van der Waals surface area (Å²) in [6.45, 7) is -0.622. The van der Waals surface area contributed by atoms with Crippen LogP contribution in [0.15, 0.2) is 48.8 Å². The molecule has 18 heteroatoms. The number of morpholine rings is 1. The number of Topliss-reactive ketones (excluding diaryl/α,β-unsaturated/α-hetero) is 1. The lowest BCUT2D eigenvalue weighted by Gasteiger charge is -2.30. The summed E-state index contributed by atoms with van der Waals surface area (Å²) >= 11 is 12.8. The number of sulfonamides is 1. The minimum absolute atomic E-state index is 0.0146. The molecule has 3 aliphatic rings. The fraction of sp³-hybridized carbons (Fsp3) is 0.429. The highest BCUT2D eigenvalue weighted by molar-refractivity contribution is 7.92. The Bertz CT molecular complexity index is 1960. The summed E-state index contributed by atoms with van der Waals surface area (Å²) in [6, 6.07) is 8.32. The van der Waals surface area contributed by atoms with Crippen molar-refractivity contribution in [1.82, 2.24) is 9.88 Å². The first-order valence-corrected chi connectivity index (χ1v) is 19.4. The van der Waals surface area contributed by atoms with E-state index in [1.54, 1.807) is 0 Å². The van der Waals surface area contributed by atoms with Gasteiger partial charge < -0.3 is 18.9 Å². The predicted octanol–water partition coefficient (Wildman–Crippen LogP) is 4.93. The number of fused-ring (bicyclic) bond motifs is 1. The lowest BCUT2D eigenvalue weighted by atomic mass is 10.0. The molecule has 1 saturated carbocycles. The average molecular weight is 798 g/mol. The number of rotatable bonds is 16. The molecule has 284 valence electrons. The van der Waals surface area contributed by atoms with Crippen molar-refractivity contribution in [2.45, 2.75) is 32.0 Å². The van der Waals surface area contributed by atoms with Crippen molar-refractivity contribution in [3.63, 3.8) is 0 Å². The van der Waals surface area contributed by atoms with E-state index in [4.69, 9.17) is 37.4 Å². The number of amides is 1. The molecule has 0 bridgehead atoms. The molecule has 1 aromatic heterocycles. The minimum atomic E-state index is -3.77. The molecule has 0 radical (unpaired) electrons. The molecule has 3 heterocycles. The van der Waals surface area contributed by atoms with Crippen molar-refractivity contribution < 1.29 is 50.5 Å². The predicted molar refractivity (Wildman–Crippen MR) is 191 cm³/mol. The van der Waals surface area contributed by atoms with Crippen LogP contribution >= 0.6 is 23.2 Å². The molecule has 3 aromatic rings. The van der Waals surface area contributed by atoms with Crippen LogP contribution in [0.1, 0.15) is 40.4 Å². The number of carbonyl (C=O) groups is 3. The molecule has 1 aliphatic carbocycles. The van der Waals surface area contributed by atoms with Crippen LogP contribution < -0.4 is 18.7 Å². The molecule has 1 amide bonds. The number of ketones is 1. The van der Waals surface area contributed by atoms with Gasteiger partial charge in [-0.1, -0.05) is 29.3 Å². The fourth-order valence-corrected chi connectivity index (χ4v) is 7.47. The van der Waals surface area contributed by atoms with Gasteiger partial charge in [-0.3, -0.25) is 33.5 Å². The van der Waals surface area contributed by atoms with E-state index in [1.165, 1.54) is 48.8 Å². The number of aromatic nitrogens is 1. The van der Waals surface area contributed by atoms with Gasteiger partial charge in [-0.15, -0.1) is 0 Å². The molecular formula is C35H36Cl2F2N4O9S. The summed E-state index contributed by atoms with van der Waals surface area (Å²) in [5.74, 6) is -2.76. The average Bonchev–Trinajstić information content (AvgIpc) is 3.92. The summed E-state index contributed by atoms with van der Waals surface area (Å²) in [5.41, 5.74) is 0.920. The normalized spacial score (nSPS) is 16.8. The SMILES string of the molecule is CS(=O)(=O)N(CCN1CCOCC1)c1ccc2c(c1)C(=O)C(=O)N2CC(=O)O[C@@H](Cc1c(Cl)cncc1Cl)c1ccc(OC(F)F)c(OCC2CC2)c1. The van der Waals surface area contributed by atoms with Crippen molar-refractivity contribution in [3.05, 3.63) is 75.5 Å². The van der Waals surface area contributed by atoms with Crippen LogP contribution in [-0.2, 0) is 35.5 Å². The van der Waals surface area contributed by atoms with Crippen molar-refractivity contribution in [1.29, 1.82) is 0 Å². The third kappa shape index (κ3) is 9.54. The van der Waals surface area contributed by atoms with E-state index in [0.29, 0.717) is 44.0 Å². The highest BCUT2D eigenvalue weighted by Gasteiger charge is 2.39. The zero-order chi connectivity index (χ0) is 37.9. The number of ether oxygens (including phenoxy) is 4. The van der Waals surface area contributed by atoms with Crippen molar-refractivity contribution in [2.75, 3.05) is 68.0 Å². The Morgan fingerprint density at radius 3 is 2.43 bits per heavy atom. The van der Waals surface area contributed by atoms with Gasteiger partial charge >= 0.3 is 12.6 Å². The van der Waals surface area contributed by atoms with Gasteiger partial charge in [-0.25, -0.2) is 8.42 Å². The third-order valence-corrected chi connectivity index (χ3v) is 10.8. The molecule has 1 saturated heterocycles. The lowest BCUT2D eigenvalue weighted by Crippen LogP contribution is -2.43. The van der Waals surface area contributed by atoms with E-state index in [-0.39, 0.29) is 64.0 Å². The lowest BCUT2D eigenvalue weighted by molar-refractivity contribution is -0.148. The molecular weight excluding hydrogens is 761 g/mol. The quantitative estimate of drug-likeness (QED) is 0.144. The van der Waals surface area contributed by atoms with Gasteiger partial charge in [-0.2, -0.15) is 8.78 Å². The second-order valence-electron chi connectivity index (χ2n) is 12.8. The Morgan fingerprint density at radius 1 is 1.06 bits per heavy atom. The fourth-order valence-electron chi connectivity index (χ4n) is 6.04. The molecule has 53 heavy (non-hydrogen) atoms. The first kappa shape index (κ1) is 38.6. The van der Waals surface area contributed by atoms with Gasteiger partial charge in [0.2, 0.25) is 10.0 Å². The molecule has 0 N–H and O–H groups in total. The molecule has 2 aliphatic heterocycles. The van der Waals surface area contributed by atoms with Gasteiger partial charge in [0.15, 0.2) is 11.5 Å². The first-order chi connectivity index (χ1) is 25.3. The second kappa shape index (κ2) is 16.5. The van der Waals surface area contributed by atoms with Gasteiger partial charge in [0.05, 0.1) is 53.1 Å². The van der Waals surface area contributed by atoms with Crippen molar-refractivity contribution in [3.8, 4) is 11.5 Å². The van der Waals surface area contributed by atoms with E-state index < -0.39 is 46.9 Å². The van der Waals surface area contributed by atoms with Crippen LogP contribution in [0.25, 0.3) is 0 Å². The van der Waals surface area contributed by atoms with Crippen LogP contribution in [0.3, 0.4) is 0 Å².